The Morgan fingerprint density at radius 2 is 2.36 bits per heavy atom. The van der Waals surface area contributed by atoms with Crippen LogP contribution in [0.25, 0.3) is 10.4 Å². The minimum atomic E-state index is 0.0650. The smallest absolute Gasteiger partial charge is 0.256 e. The third kappa shape index (κ3) is 3.21. The Kier molecular flexibility index (Phi) is 4.86. The molecular weight excluding hydrogens is 320 g/mol. The molecule has 0 aromatic carbocycles. The standard InChI is InChI=1S/C16H19ClN2O2S/c1-2-19(9-11-5-6-21-10-11)16(20)13-8-18-7-12(13)14-3-4-15(17)22-14/h3-4,7-8,11,18H,2,5-6,9-10H2,1H3/t11-/m0/s1. The molecule has 1 N–H and O–H groups in total. The molecule has 3 heterocycles. The number of hydrogen-bond acceptors (Lipinski definition) is 3. The molecule has 0 radical (unpaired) electrons. The predicted octanol–water partition coefficient (Wildman–Crippen LogP) is 3.90. The fourth-order valence-corrected chi connectivity index (χ4v) is 3.84. The van der Waals surface area contributed by atoms with Gasteiger partial charge in [-0.1, -0.05) is 11.6 Å². The van der Waals surface area contributed by atoms with Gasteiger partial charge in [0.2, 0.25) is 0 Å². The van der Waals surface area contributed by atoms with Crippen molar-refractivity contribution in [1.82, 2.24) is 9.88 Å². The van der Waals surface area contributed by atoms with Crippen molar-refractivity contribution in [1.29, 1.82) is 0 Å². The van der Waals surface area contributed by atoms with E-state index in [1.54, 1.807) is 6.20 Å². The quantitative estimate of drug-likeness (QED) is 0.898. The number of hydrogen-bond donors (Lipinski definition) is 1. The first kappa shape index (κ1) is 15.6. The van der Waals surface area contributed by atoms with Crippen molar-refractivity contribution in [2.24, 2.45) is 5.92 Å². The lowest BCUT2D eigenvalue weighted by molar-refractivity contribution is 0.0732. The number of ether oxygens (including phenoxy) is 1. The summed E-state index contributed by atoms with van der Waals surface area (Å²) in [4.78, 5) is 18.8. The van der Waals surface area contributed by atoms with Gasteiger partial charge in [-0.2, -0.15) is 0 Å². The van der Waals surface area contributed by atoms with E-state index in [1.807, 2.05) is 30.2 Å². The molecule has 0 spiro atoms. The number of H-pyrrole nitrogens is 1. The zero-order valence-electron chi connectivity index (χ0n) is 12.5. The topological polar surface area (TPSA) is 45.3 Å². The Morgan fingerprint density at radius 3 is 3.00 bits per heavy atom. The van der Waals surface area contributed by atoms with Crippen LogP contribution in [0.3, 0.4) is 0 Å². The largest absolute Gasteiger partial charge is 0.381 e. The number of nitrogens with one attached hydrogen (secondary N) is 1. The highest BCUT2D eigenvalue weighted by molar-refractivity contribution is 7.19. The van der Waals surface area contributed by atoms with Gasteiger partial charge in [0.25, 0.3) is 5.91 Å². The lowest BCUT2D eigenvalue weighted by atomic mass is 10.1. The molecular formula is C16H19ClN2O2S. The van der Waals surface area contributed by atoms with Crippen molar-refractivity contribution < 1.29 is 9.53 Å². The van der Waals surface area contributed by atoms with Crippen molar-refractivity contribution in [3.8, 4) is 10.4 Å². The van der Waals surface area contributed by atoms with Crippen molar-refractivity contribution >= 4 is 28.8 Å². The Hall–Kier alpha value is -1.30. The minimum Gasteiger partial charge on any atom is -0.381 e. The van der Waals surface area contributed by atoms with E-state index in [4.69, 9.17) is 16.3 Å². The zero-order valence-corrected chi connectivity index (χ0v) is 14.0. The third-order valence-electron chi connectivity index (χ3n) is 3.99. The maximum atomic E-state index is 12.9. The van der Waals surface area contributed by atoms with Crippen LogP contribution in [-0.4, -0.2) is 42.1 Å². The van der Waals surface area contributed by atoms with Crippen LogP contribution in [0.1, 0.15) is 23.7 Å². The monoisotopic (exact) mass is 338 g/mol. The molecule has 2 aromatic heterocycles. The summed E-state index contributed by atoms with van der Waals surface area (Å²) < 4.78 is 6.14. The molecule has 118 valence electrons. The van der Waals surface area contributed by atoms with Gasteiger partial charge in [-0.15, -0.1) is 11.3 Å². The Balaban J connectivity index is 1.80. The van der Waals surface area contributed by atoms with Gasteiger partial charge in [-0.05, 0) is 25.5 Å². The Bertz CT molecular complexity index is 646. The Labute approximate surface area is 139 Å². The predicted molar refractivity (Wildman–Crippen MR) is 89.6 cm³/mol. The van der Waals surface area contributed by atoms with Crippen LogP contribution in [0.2, 0.25) is 4.34 Å². The number of nitrogens with zero attached hydrogens (tertiary/aromatic N) is 1. The van der Waals surface area contributed by atoms with Crippen molar-refractivity contribution in [2.75, 3.05) is 26.3 Å². The molecule has 1 amide bonds. The summed E-state index contributed by atoms with van der Waals surface area (Å²) in [7, 11) is 0. The van der Waals surface area contributed by atoms with Crippen molar-refractivity contribution in [2.45, 2.75) is 13.3 Å². The van der Waals surface area contributed by atoms with Gasteiger partial charge in [0, 0.05) is 48.4 Å². The van der Waals surface area contributed by atoms with E-state index in [9.17, 15) is 4.79 Å². The van der Waals surface area contributed by atoms with Gasteiger partial charge >= 0.3 is 0 Å². The van der Waals surface area contributed by atoms with Crippen LogP contribution < -0.4 is 0 Å². The van der Waals surface area contributed by atoms with Gasteiger partial charge in [0.1, 0.15) is 0 Å². The van der Waals surface area contributed by atoms with E-state index in [0.29, 0.717) is 18.0 Å². The number of thiophene rings is 1. The summed E-state index contributed by atoms with van der Waals surface area (Å²) in [5.74, 6) is 0.512. The molecule has 2 aromatic rings. The fraction of sp³-hybridized carbons (Fsp3) is 0.438. The van der Waals surface area contributed by atoms with Gasteiger partial charge in [0.15, 0.2) is 0 Å². The summed E-state index contributed by atoms with van der Waals surface area (Å²) in [5, 5.41) is 0. The number of amides is 1. The molecule has 1 atom stereocenters. The molecule has 4 nitrogen and oxygen atoms in total. The SMILES string of the molecule is CCN(C[C@@H]1CCOC1)C(=O)c1c[nH]cc1-c1ccc(Cl)s1. The maximum absolute atomic E-state index is 12.9. The minimum absolute atomic E-state index is 0.0650. The molecule has 1 aliphatic rings. The van der Waals surface area contributed by atoms with Crippen LogP contribution in [-0.2, 0) is 4.74 Å². The van der Waals surface area contributed by atoms with E-state index < -0.39 is 0 Å². The van der Waals surface area contributed by atoms with E-state index >= 15 is 0 Å². The maximum Gasteiger partial charge on any atom is 0.256 e. The van der Waals surface area contributed by atoms with E-state index in [2.05, 4.69) is 4.98 Å². The van der Waals surface area contributed by atoms with E-state index in [0.717, 1.165) is 41.0 Å². The molecule has 0 saturated carbocycles. The highest BCUT2D eigenvalue weighted by atomic mass is 35.5. The van der Waals surface area contributed by atoms with Crippen LogP contribution in [0.15, 0.2) is 24.5 Å². The second-order valence-electron chi connectivity index (χ2n) is 5.46. The normalized spacial score (nSPS) is 17.8. The molecule has 1 fully saturated rings. The van der Waals surface area contributed by atoms with Crippen molar-refractivity contribution in [3.63, 3.8) is 0 Å². The highest BCUT2D eigenvalue weighted by Crippen LogP contribution is 2.33. The zero-order chi connectivity index (χ0) is 15.5. The average molecular weight is 339 g/mol. The molecule has 22 heavy (non-hydrogen) atoms. The summed E-state index contributed by atoms with van der Waals surface area (Å²) in [5.41, 5.74) is 1.63. The molecule has 0 unspecified atom stereocenters. The summed E-state index contributed by atoms with van der Waals surface area (Å²) in [6.45, 7) is 5.03. The number of aromatic nitrogens is 1. The summed E-state index contributed by atoms with van der Waals surface area (Å²) >= 11 is 7.50. The molecule has 1 saturated heterocycles. The van der Waals surface area contributed by atoms with Crippen LogP contribution >= 0.6 is 22.9 Å². The first-order chi connectivity index (χ1) is 10.7. The van der Waals surface area contributed by atoms with Crippen LogP contribution in [0, 0.1) is 5.92 Å². The van der Waals surface area contributed by atoms with Crippen LogP contribution in [0.5, 0.6) is 0 Å². The van der Waals surface area contributed by atoms with Gasteiger partial charge in [-0.3, -0.25) is 4.79 Å². The number of rotatable bonds is 5. The van der Waals surface area contributed by atoms with Gasteiger partial charge < -0.3 is 14.6 Å². The van der Waals surface area contributed by atoms with Crippen molar-refractivity contribution in [3.05, 3.63) is 34.4 Å². The number of carbonyl (C=O) groups is 1. The number of halogens is 1. The third-order valence-corrected chi connectivity index (χ3v) is 5.25. The second-order valence-corrected chi connectivity index (χ2v) is 7.17. The molecule has 3 rings (SSSR count). The molecule has 0 aliphatic carbocycles. The first-order valence-corrected chi connectivity index (χ1v) is 8.68. The fourth-order valence-electron chi connectivity index (χ4n) is 2.77. The lowest BCUT2D eigenvalue weighted by Crippen LogP contribution is -2.35. The molecule has 0 bridgehead atoms. The van der Waals surface area contributed by atoms with Crippen LogP contribution in [0.4, 0.5) is 0 Å². The van der Waals surface area contributed by atoms with E-state index in [1.165, 1.54) is 11.3 Å². The van der Waals surface area contributed by atoms with E-state index in [-0.39, 0.29) is 5.91 Å². The first-order valence-electron chi connectivity index (χ1n) is 7.48. The van der Waals surface area contributed by atoms with Gasteiger partial charge in [0.05, 0.1) is 16.5 Å². The average Bonchev–Trinajstić information content (AvgIpc) is 3.24. The highest BCUT2D eigenvalue weighted by Gasteiger charge is 2.24. The Morgan fingerprint density at radius 1 is 1.50 bits per heavy atom. The number of carbonyl (C=O) groups excluding carboxylic acids is 1. The lowest BCUT2D eigenvalue weighted by Gasteiger charge is -2.23. The van der Waals surface area contributed by atoms with Gasteiger partial charge in [-0.25, -0.2) is 0 Å². The summed E-state index contributed by atoms with van der Waals surface area (Å²) in [6, 6.07) is 3.81. The molecule has 6 heteroatoms. The second kappa shape index (κ2) is 6.86. The summed E-state index contributed by atoms with van der Waals surface area (Å²) in [6.07, 6.45) is 4.67. The molecule has 1 aliphatic heterocycles. The number of aromatic amines is 1.